The van der Waals surface area contributed by atoms with E-state index in [1.165, 1.54) is 112 Å². The van der Waals surface area contributed by atoms with Crippen molar-refractivity contribution in [2.75, 3.05) is 60.6 Å². The van der Waals surface area contributed by atoms with Gasteiger partial charge in [0, 0.05) is 142 Å². The molecule has 0 radical (unpaired) electrons. The fourth-order valence-electron chi connectivity index (χ4n) is 18.5. The minimum Gasteiger partial charge on any atom is -0.478 e. The van der Waals surface area contributed by atoms with E-state index in [-0.39, 0.29) is 128 Å². The molecular weight excluding hydrogens is 1820 g/mol. The Bertz CT molecular complexity index is 5750. The lowest BCUT2D eigenvalue weighted by molar-refractivity contribution is -0.132. The van der Waals surface area contributed by atoms with Gasteiger partial charge in [0.15, 0.2) is 17.2 Å². The van der Waals surface area contributed by atoms with Crippen molar-refractivity contribution < 1.29 is 86.5 Å². The lowest BCUT2D eigenvalue weighted by Crippen LogP contribution is -2.46. The molecule has 0 bridgehead atoms. The first kappa shape index (κ1) is 94.4. The smallest absolute Gasteiger partial charge is 0.337 e. The molecule has 3 aromatic heterocycles. The molecule has 0 saturated carbocycles. The van der Waals surface area contributed by atoms with Crippen molar-refractivity contribution in [1.82, 2.24) is 44.4 Å². The highest BCUT2D eigenvalue weighted by atomic mass is 79.9. The molecule has 6 aliphatic rings. The van der Waals surface area contributed by atoms with E-state index in [0.29, 0.717) is 141 Å². The number of aromatic carboxylic acids is 1. The van der Waals surface area contributed by atoms with E-state index in [4.69, 9.17) is 83.8 Å². The monoisotopic (exact) mass is 1910 g/mol. The summed E-state index contributed by atoms with van der Waals surface area (Å²) in [7, 11) is 4.13. The number of carbonyl (C=O) groups excluding carboxylic acids is 6. The van der Waals surface area contributed by atoms with Gasteiger partial charge in [-0.2, -0.15) is 0 Å². The Morgan fingerprint density at radius 3 is 1.00 bits per heavy atom. The average Bonchev–Trinajstić information content (AvgIpc) is 1.56. The molecule has 6 aromatic carbocycles. The average molecular weight is 1910 g/mol. The number of carboxylic acids is 1. The Balaban J connectivity index is 0.000000162. The number of ether oxygens (including phenoxy) is 3. The quantitative estimate of drug-likeness (QED) is 0.0473. The number of carbonyl (C=O) groups is 7. The Hall–Kier alpha value is -9.21. The second-order valence-corrected chi connectivity index (χ2v) is 36.1. The van der Waals surface area contributed by atoms with E-state index in [1.807, 2.05) is 0 Å². The fourth-order valence-corrected chi connectivity index (χ4v) is 20.0. The Morgan fingerprint density at radius 1 is 0.437 bits per heavy atom. The first-order chi connectivity index (χ1) is 59.6. The largest absolute Gasteiger partial charge is 0.478 e. The molecule has 5 unspecified atom stereocenters. The molecule has 0 spiro atoms. The zero-order valence-corrected chi connectivity index (χ0v) is 76.1. The van der Waals surface area contributed by atoms with Gasteiger partial charge in [-0.05, 0) is 201 Å². The van der Waals surface area contributed by atoms with Crippen LogP contribution in [0.2, 0.25) is 30.1 Å². The summed E-state index contributed by atoms with van der Waals surface area (Å²) in [5, 5.41) is 57.1. The highest BCUT2D eigenvalue weighted by Gasteiger charge is 2.59. The van der Waals surface area contributed by atoms with E-state index < -0.39 is 75.1 Å². The first-order valence-corrected chi connectivity index (χ1v) is 43.5. The number of aliphatic hydroxyl groups excluding tert-OH is 1. The van der Waals surface area contributed by atoms with Crippen LogP contribution in [-0.2, 0) is 88.8 Å². The van der Waals surface area contributed by atoms with E-state index >= 15 is 13.2 Å². The maximum Gasteiger partial charge on any atom is 0.337 e. The molecule has 6 amide bonds. The third-order valence-electron chi connectivity index (χ3n) is 25.6. The van der Waals surface area contributed by atoms with Gasteiger partial charge in [-0.25, -0.2) is 18.0 Å². The lowest BCUT2D eigenvalue weighted by Gasteiger charge is -2.40. The van der Waals surface area contributed by atoms with Crippen LogP contribution in [0.3, 0.4) is 0 Å². The summed E-state index contributed by atoms with van der Waals surface area (Å²) in [6.07, 6.45) is 7.31. The predicted molar refractivity (Wildman–Crippen MR) is 469 cm³/mol. The van der Waals surface area contributed by atoms with Gasteiger partial charge in [0.05, 0.1) is 114 Å². The Morgan fingerprint density at radius 2 is 0.714 bits per heavy atom. The van der Waals surface area contributed by atoms with Gasteiger partial charge in [0.25, 0.3) is 17.7 Å². The van der Waals surface area contributed by atoms with Crippen molar-refractivity contribution in [2.45, 2.75) is 140 Å². The molecule has 34 heteroatoms. The molecule has 24 nitrogen and oxygen atoms in total. The number of hydrogen-bond donors (Lipinski definition) is 5. The second-order valence-electron chi connectivity index (χ2n) is 32.6. The highest BCUT2D eigenvalue weighted by Crippen LogP contribution is 2.54. The fraction of sp³-hybridized carbons (Fsp3) is 0.370. The Labute approximate surface area is 764 Å². The molecule has 3 saturated heterocycles. The number of aliphatic hydroxyl groups is 4. The maximum absolute atomic E-state index is 16.4. The van der Waals surface area contributed by atoms with Crippen LogP contribution in [0.15, 0.2) is 150 Å². The van der Waals surface area contributed by atoms with Crippen molar-refractivity contribution in [3.05, 3.63) is 293 Å². The number of aromatic nitrogens is 3. The zero-order valence-electron chi connectivity index (χ0n) is 70.0. The topological polar surface area (TPSA) is 306 Å². The number of amides is 6. The number of piperidine rings is 3. The van der Waals surface area contributed by atoms with Crippen molar-refractivity contribution >= 4 is 127 Å². The summed E-state index contributed by atoms with van der Waals surface area (Å²) in [5.74, 6) is -6.05. The van der Waals surface area contributed by atoms with Gasteiger partial charge in [-0.15, -0.1) is 0 Å². The van der Waals surface area contributed by atoms with Gasteiger partial charge >= 0.3 is 5.97 Å². The SMILES string of the molecule is COC1(c2ccc(Cl)cc2)c2c(F)cc(C(C)(O)C3CCN(C(C)=O)CC3)cc2C(=O)N1Cc1ncc(Cl)cc1Br.COC1(c2ccc(Cl)cc2)c2c(F)cc(C(C)(O)C3CCN(C(C)=O)CC3)cc2C(=O)N1Cc1ncc(Cl)cc1C(=O)O.CO[C@]1(c2ccc(Cl)cc2)c2c(F)cc(C(C)(O)C3CCN(C(C)=O)CC3)cc2C(=O)N1Cc1ncc(Cl)cc1CO. The summed E-state index contributed by atoms with van der Waals surface area (Å²) in [4.78, 5) is 112. The van der Waals surface area contributed by atoms with E-state index in [0.717, 1.165) is 0 Å². The van der Waals surface area contributed by atoms with Crippen LogP contribution in [-0.4, -0.2) is 172 Å². The summed E-state index contributed by atoms with van der Waals surface area (Å²) in [6, 6.07) is 32.4. The summed E-state index contributed by atoms with van der Waals surface area (Å²) in [5.41, 5.74) is -6.41. The molecule has 664 valence electrons. The van der Waals surface area contributed by atoms with Gasteiger partial charge < -0.3 is 54.4 Å². The van der Waals surface area contributed by atoms with Gasteiger partial charge in [-0.3, -0.25) is 58.4 Å². The molecular formula is C92H91BrCl6F3N9O15. The van der Waals surface area contributed by atoms with Crippen LogP contribution in [0, 0.1) is 35.2 Å². The normalized spacial score (nSPS) is 20.5. The molecule has 6 aliphatic heterocycles. The molecule has 6 atom stereocenters. The molecule has 0 aliphatic carbocycles. The number of methoxy groups -OCH3 is 3. The van der Waals surface area contributed by atoms with Gasteiger partial charge in [0.1, 0.15) is 17.5 Å². The van der Waals surface area contributed by atoms with Crippen molar-refractivity contribution in [3.63, 3.8) is 0 Å². The van der Waals surface area contributed by atoms with E-state index in [1.54, 1.807) is 126 Å². The predicted octanol–water partition coefficient (Wildman–Crippen LogP) is 16.4. The molecule has 9 heterocycles. The van der Waals surface area contributed by atoms with Crippen LogP contribution in [0.5, 0.6) is 0 Å². The number of rotatable bonds is 20. The van der Waals surface area contributed by atoms with Crippen molar-refractivity contribution in [3.8, 4) is 0 Å². The first-order valence-electron chi connectivity index (χ1n) is 40.4. The molecule has 15 rings (SSSR count). The third-order valence-corrected chi connectivity index (χ3v) is 27.6. The van der Waals surface area contributed by atoms with Gasteiger partial charge in [-0.1, -0.05) is 106 Å². The minimum absolute atomic E-state index is 0.00258. The van der Waals surface area contributed by atoms with Gasteiger partial charge in [0.2, 0.25) is 17.7 Å². The number of nitrogens with zero attached hydrogens (tertiary/aromatic N) is 9. The summed E-state index contributed by atoms with van der Waals surface area (Å²) in [6.45, 7) is 11.4. The van der Waals surface area contributed by atoms with Crippen LogP contribution >= 0.6 is 85.5 Å². The van der Waals surface area contributed by atoms with Crippen molar-refractivity contribution in [1.29, 1.82) is 0 Å². The standard InChI is InChI=1S/C31H30Cl2FN3O6.C31H32Cl2FN3O5.C30H29BrCl2FN3O4/c1-17(38)36-10-8-18(9-11-36)30(2,42)20-12-24-27(25(34)13-20)31(43-3,19-4-6-21(32)7-5-19)37(28(24)39)16-26-23(29(40)41)14-22(33)15-35-26;1-18(39)36-10-8-20(9-11-36)30(2,41)22-13-25-28(26(34)14-22)31(42-3,21-4-6-23(32)7-5-21)37(29(25)40)16-27-19(17-38)12-24(33)15-35-27;1-17(38)36-10-8-18(9-11-36)29(2,40)20-12-23-27(25(34)13-20)30(41-3,19-4-6-21(32)7-5-19)37(28(23)39)16-26-24(31)14-22(33)15-35-26/h4-7,12-15,18,42H,8-11,16H2,1-3H3,(H,40,41);4-7,12-15,20,38,41H,8-11,16-17H2,1-3H3;4-7,12-15,18,40H,8-11,16H2,1-3H3/t;30?,31-;/m.1./s1. The third kappa shape index (κ3) is 17.6. The maximum atomic E-state index is 16.4. The minimum atomic E-state index is -1.82. The van der Waals surface area contributed by atoms with E-state index in [9.17, 15) is 59.1 Å². The number of hydrogen-bond acceptors (Lipinski definition) is 17. The molecule has 5 N–H and O–H groups in total. The van der Waals surface area contributed by atoms with E-state index in [2.05, 4.69) is 30.9 Å². The Kier molecular flexibility index (Phi) is 28.1. The number of halogens is 10. The molecule has 3 fully saturated rings. The van der Waals surface area contributed by atoms with Crippen LogP contribution in [0.4, 0.5) is 13.2 Å². The number of carboxylic acid groups (broad SMARTS) is 1. The van der Waals surface area contributed by atoms with Crippen LogP contribution in [0.1, 0.15) is 194 Å². The number of pyridine rings is 3. The number of benzene rings is 6. The lowest BCUT2D eigenvalue weighted by atomic mass is 9.76. The molecule has 9 aromatic rings. The number of likely N-dealkylation sites (tertiary alicyclic amines) is 3. The summed E-state index contributed by atoms with van der Waals surface area (Å²) >= 11 is 40.1. The number of fused-ring (bicyclic) bond motifs is 3. The van der Waals surface area contributed by atoms with Crippen LogP contribution in [0.25, 0.3) is 0 Å². The second kappa shape index (κ2) is 37.5. The summed E-state index contributed by atoms with van der Waals surface area (Å²) < 4.78 is 68.0. The molecule has 126 heavy (non-hydrogen) atoms. The highest BCUT2D eigenvalue weighted by molar-refractivity contribution is 9.10. The van der Waals surface area contributed by atoms with Crippen molar-refractivity contribution in [2.24, 2.45) is 17.8 Å². The zero-order chi connectivity index (χ0) is 91.4. The van der Waals surface area contributed by atoms with Crippen LogP contribution < -0.4 is 0 Å².